The van der Waals surface area contributed by atoms with Gasteiger partial charge >= 0.3 is 0 Å². The van der Waals surface area contributed by atoms with Crippen LogP contribution in [0.4, 0.5) is 0 Å². The fourth-order valence-corrected chi connectivity index (χ4v) is 3.06. The van der Waals surface area contributed by atoms with Gasteiger partial charge in [-0.05, 0) is 23.6 Å². The van der Waals surface area contributed by atoms with Crippen LogP contribution < -0.4 is 0 Å². The SMILES string of the molecule is CCC(=O)c1ccc(-c2cccs2)s1. The summed E-state index contributed by atoms with van der Waals surface area (Å²) in [7, 11) is 0. The molecule has 0 amide bonds. The lowest BCUT2D eigenvalue weighted by atomic mass is 10.2. The third kappa shape index (κ3) is 1.79. The number of ketones is 1. The second-order valence-corrected chi connectivity index (χ2v) is 4.95. The molecule has 2 aromatic rings. The van der Waals surface area contributed by atoms with Crippen molar-refractivity contribution in [1.29, 1.82) is 0 Å². The maximum absolute atomic E-state index is 11.4. The van der Waals surface area contributed by atoms with Gasteiger partial charge in [0.1, 0.15) is 0 Å². The third-order valence-corrected chi connectivity index (χ3v) is 4.16. The Hall–Kier alpha value is -0.930. The summed E-state index contributed by atoms with van der Waals surface area (Å²) in [4.78, 5) is 14.7. The van der Waals surface area contributed by atoms with E-state index in [1.165, 1.54) is 9.75 Å². The van der Waals surface area contributed by atoms with Gasteiger partial charge < -0.3 is 0 Å². The number of carbonyl (C=O) groups is 1. The number of hydrogen-bond acceptors (Lipinski definition) is 3. The topological polar surface area (TPSA) is 17.1 Å². The van der Waals surface area contributed by atoms with Crippen LogP contribution in [0.25, 0.3) is 9.75 Å². The Morgan fingerprint density at radius 2 is 2.14 bits per heavy atom. The van der Waals surface area contributed by atoms with Crippen molar-refractivity contribution < 1.29 is 4.79 Å². The second kappa shape index (κ2) is 4.07. The standard InChI is InChI=1S/C11H10OS2/c1-2-8(12)9-5-6-11(14-9)10-4-3-7-13-10/h3-7H,2H2,1H3. The van der Waals surface area contributed by atoms with Crippen LogP contribution in [0.3, 0.4) is 0 Å². The molecular formula is C11H10OS2. The highest BCUT2D eigenvalue weighted by Gasteiger charge is 2.08. The van der Waals surface area contributed by atoms with Crippen molar-refractivity contribution in [3.63, 3.8) is 0 Å². The van der Waals surface area contributed by atoms with Crippen LogP contribution in [0.2, 0.25) is 0 Å². The number of thiophene rings is 2. The van der Waals surface area contributed by atoms with Gasteiger partial charge in [0.25, 0.3) is 0 Å². The molecule has 0 fully saturated rings. The van der Waals surface area contributed by atoms with Crippen molar-refractivity contribution in [2.45, 2.75) is 13.3 Å². The molecule has 0 atom stereocenters. The van der Waals surface area contributed by atoms with Gasteiger partial charge in [-0.25, -0.2) is 0 Å². The molecule has 0 unspecified atom stereocenters. The fraction of sp³-hybridized carbons (Fsp3) is 0.182. The molecule has 2 heterocycles. The minimum absolute atomic E-state index is 0.234. The summed E-state index contributed by atoms with van der Waals surface area (Å²) < 4.78 is 0. The Morgan fingerprint density at radius 1 is 1.29 bits per heavy atom. The Labute approximate surface area is 91.0 Å². The van der Waals surface area contributed by atoms with E-state index in [4.69, 9.17) is 0 Å². The lowest BCUT2D eigenvalue weighted by Gasteiger charge is -1.90. The molecule has 0 radical (unpaired) electrons. The molecule has 0 spiro atoms. The van der Waals surface area contributed by atoms with Gasteiger partial charge in [0.05, 0.1) is 4.88 Å². The average molecular weight is 222 g/mol. The van der Waals surface area contributed by atoms with Crippen LogP contribution in [0.1, 0.15) is 23.0 Å². The monoisotopic (exact) mass is 222 g/mol. The maximum Gasteiger partial charge on any atom is 0.172 e. The minimum Gasteiger partial charge on any atom is -0.293 e. The normalized spacial score (nSPS) is 10.4. The van der Waals surface area contributed by atoms with Gasteiger partial charge in [0.15, 0.2) is 5.78 Å². The molecule has 0 aromatic carbocycles. The molecule has 3 heteroatoms. The van der Waals surface area contributed by atoms with Crippen LogP contribution in [0.15, 0.2) is 29.6 Å². The molecule has 14 heavy (non-hydrogen) atoms. The van der Waals surface area contributed by atoms with Gasteiger partial charge in [-0.1, -0.05) is 13.0 Å². The lowest BCUT2D eigenvalue weighted by molar-refractivity contribution is 0.0992. The zero-order valence-corrected chi connectivity index (χ0v) is 9.45. The summed E-state index contributed by atoms with van der Waals surface area (Å²) in [6.45, 7) is 1.90. The quantitative estimate of drug-likeness (QED) is 0.715. The van der Waals surface area contributed by atoms with Crippen LogP contribution >= 0.6 is 22.7 Å². The Kier molecular flexibility index (Phi) is 2.79. The molecule has 72 valence electrons. The van der Waals surface area contributed by atoms with E-state index in [2.05, 4.69) is 11.4 Å². The predicted octanol–water partition coefficient (Wildman–Crippen LogP) is 4.07. The Balaban J connectivity index is 2.31. The van der Waals surface area contributed by atoms with E-state index in [1.54, 1.807) is 22.7 Å². The van der Waals surface area contributed by atoms with Crippen molar-refractivity contribution >= 4 is 28.5 Å². The first-order valence-electron chi connectivity index (χ1n) is 4.48. The van der Waals surface area contributed by atoms with Crippen LogP contribution in [-0.2, 0) is 0 Å². The largest absolute Gasteiger partial charge is 0.293 e. The van der Waals surface area contributed by atoms with Gasteiger partial charge in [-0.3, -0.25) is 4.79 Å². The molecule has 0 aliphatic rings. The second-order valence-electron chi connectivity index (χ2n) is 2.92. The van der Waals surface area contributed by atoms with E-state index >= 15 is 0 Å². The molecule has 0 saturated carbocycles. The van der Waals surface area contributed by atoms with Crippen molar-refractivity contribution in [1.82, 2.24) is 0 Å². The van der Waals surface area contributed by atoms with Crippen LogP contribution in [0, 0.1) is 0 Å². The summed E-state index contributed by atoms with van der Waals surface area (Å²) in [5.74, 6) is 0.234. The third-order valence-electron chi connectivity index (χ3n) is 1.97. The zero-order chi connectivity index (χ0) is 9.97. The Bertz CT molecular complexity index is 426. The van der Waals surface area contributed by atoms with Gasteiger partial charge in [0, 0.05) is 16.2 Å². The van der Waals surface area contributed by atoms with E-state index in [0.29, 0.717) is 6.42 Å². The van der Waals surface area contributed by atoms with E-state index in [-0.39, 0.29) is 5.78 Å². The number of hydrogen-bond donors (Lipinski definition) is 0. The molecular weight excluding hydrogens is 212 g/mol. The molecule has 0 aliphatic carbocycles. The van der Waals surface area contributed by atoms with Gasteiger partial charge in [0.2, 0.25) is 0 Å². The first-order valence-corrected chi connectivity index (χ1v) is 6.18. The lowest BCUT2D eigenvalue weighted by Crippen LogP contribution is -1.90. The average Bonchev–Trinajstić information content (AvgIpc) is 2.86. The van der Waals surface area contributed by atoms with E-state index < -0.39 is 0 Å². The highest BCUT2D eigenvalue weighted by atomic mass is 32.1. The predicted molar refractivity (Wildman–Crippen MR) is 62.3 cm³/mol. The summed E-state index contributed by atoms with van der Waals surface area (Å²) in [5, 5.41) is 2.05. The first-order chi connectivity index (χ1) is 6.81. The fourth-order valence-electron chi connectivity index (χ4n) is 1.21. The summed E-state index contributed by atoms with van der Waals surface area (Å²) >= 11 is 3.29. The van der Waals surface area contributed by atoms with Gasteiger partial charge in [-0.2, -0.15) is 0 Å². The molecule has 0 saturated heterocycles. The summed E-state index contributed by atoms with van der Waals surface area (Å²) in [6.07, 6.45) is 0.588. The zero-order valence-electron chi connectivity index (χ0n) is 7.82. The summed E-state index contributed by atoms with van der Waals surface area (Å²) in [5.41, 5.74) is 0. The maximum atomic E-state index is 11.4. The highest BCUT2D eigenvalue weighted by molar-refractivity contribution is 7.22. The number of carbonyl (C=O) groups excluding carboxylic acids is 1. The van der Waals surface area contributed by atoms with Crippen molar-refractivity contribution in [2.24, 2.45) is 0 Å². The molecule has 0 N–H and O–H groups in total. The first kappa shape index (κ1) is 9.62. The van der Waals surface area contributed by atoms with Crippen molar-refractivity contribution in [3.05, 3.63) is 34.5 Å². The highest BCUT2D eigenvalue weighted by Crippen LogP contribution is 2.31. The Morgan fingerprint density at radius 3 is 2.79 bits per heavy atom. The van der Waals surface area contributed by atoms with Crippen LogP contribution in [0.5, 0.6) is 0 Å². The van der Waals surface area contributed by atoms with Crippen molar-refractivity contribution in [2.75, 3.05) is 0 Å². The number of Topliss-reactive ketones (excluding diaryl/α,β-unsaturated/α-hetero) is 1. The summed E-state index contributed by atoms with van der Waals surface area (Å²) in [6, 6.07) is 8.06. The van der Waals surface area contributed by atoms with Crippen molar-refractivity contribution in [3.8, 4) is 9.75 Å². The van der Waals surface area contributed by atoms with Crippen LogP contribution in [-0.4, -0.2) is 5.78 Å². The number of rotatable bonds is 3. The molecule has 0 aliphatic heterocycles. The molecule has 0 bridgehead atoms. The van der Waals surface area contributed by atoms with Gasteiger partial charge in [-0.15, -0.1) is 22.7 Å². The van der Waals surface area contributed by atoms with E-state index in [1.807, 2.05) is 25.1 Å². The van der Waals surface area contributed by atoms with E-state index in [9.17, 15) is 4.79 Å². The molecule has 1 nitrogen and oxygen atoms in total. The molecule has 2 aromatic heterocycles. The minimum atomic E-state index is 0.234. The van der Waals surface area contributed by atoms with E-state index in [0.717, 1.165) is 4.88 Å². The molecule has 2 rings (SSSR count). The smallest absolute Gasteiger partial charge is 0.172 e.